The van der Waals surface area contributed by atoms with E-state index < -0.39 is 6.10 Å². The molecule has 1 aliphatic rings. The van der Waals surface area contributed by atoms with E-state index in [9.17, 15) is 4.79 Å². The zero-order chi connectivity index (χ0) is 10.8. The SMILES string of the molecule is Cn1ncc(Cl)c1C(=O)C1CNCCO1. The van der Waals surface area contributed by atoms with Gasteiger partial charge in [0.25, 0.3) is 0 Å². The molecule has 0 aromatic carbocycles. The summed E-state index contributed by atoms with van der Waals surface area (Å²) in [5, 5.41) is 7.39. The summed E-state index contributed by atoms with van der Waals surface area (Å²) in [6.45, 7) is 1.86. The average Bonchev–Trinajstić information content (AvgIpc) is 2.59. The third-order valence-corrected chi connectivity index (χ3v) is 2.62. The van der Waals surface area contributed by atoms with Gasteiger partial charge in [0.05, 0.1) is 17.8 Å². The first-order valence-electron chi connectivity index (χ1n) is 4.74. The summed E-state index contributed by atoms with van der Waals surface area (Å²) in [6.07, 6.45) is 1.01. The molecule has 0 saturated carbocycles. The zero-order valence-electron chi connectivity index (χ0n) is 8.36. The Balaban J connectivity index is 2.19. The molecule has 15 heavy (non-hydrogen) atoms. The van der Waals surface area contributed by atoms with Crippen molar-refractivity contribution in [3.63, 3.8) is 0 Å². The molecule has 0 amide bonds. The molecule has 1 unspecified atom stereocenters. The molecule has 0 spiro atoms. The molecule has 5 nitrogen and oxygen atoms in total. The number of hydrogen-bond acceptors (Lipinski definition) is 4. The van der Waals surface area contributed by atoms with E-state index in [1.54, 1.807) is 7.05 Å². The second kappa shape index (κ2) is 4.30. The molecule has 1 saturated heterocycles. The molecular weight excluding hydrogens is 218 g/mol. The molecule has 0 radical (unpaired) electrons. The fourth-order valence-electron chi connectivity index (χ4n) is 1.57. The minimum atomic E-state index is -0.452. The summed E-state index contributed by atoms with van der Waals surface area (Å²) in [4.78, 5) is 12.0. The molecule has 0 aliphatic carbocycles. The van der Waals surface area contributed by atoms with Gasteiger partial charge < -0.3 is 10.1 Å². The number of nitrogens with zero attached hydrogens (tertiary/aromatic N) is 2. The number of carbonyl (C=O) groups excluding carboxylic acids is 1. The smallest absolute Gasteiger partial charge is 0.212 e. The summed E-state index contributed by atoms with van der Waals surface area (Å²) in [7, 11) is 1.69. The highest BCUT2D eigenvalue weighted by molar-refractivity contribution is 6.33. The van der Waals surface area contributed by atoms with Crippen LogP contribution in [0.2, 0.25) is 5.02 Å². The standard InChI is InChI=1S/C9H12ClN3O2/c1-13-8(6(10)4-12-13)9(14)7-5-11-2-3-15-7/h4,7,11H,2-3,5H2,1H3. The largest absolute Gasteiger partial charge is 0.367 e. The summed E-state index contributed by atoms with van der Waals surface area (Å²) >= 11 is 5.88. The van der Waals surface area contributed by atoms with Gasteiger partial charge in [-0.25, -0.2) is 0 Å². The van der Waals surface area contributed by atoms with E-state index in [0.29, 0.717) is 23.9 Å². The predicted octanol–water partition coefficient (Wildman–Crippen LogP) is 0.245. The van der Waals surface area contributed by atoms with Gasteiger partial charge in [0, 0.05) is 20.1 Å². The Labute approximate surface area is 92.4 Å². The van der Waals surface area contributed by atoms with Gasteiger partial charge in [-0.3, -0.25) is 9.48 Å². The summed E-state index contributed by atoms with van der Waals surface area (Å²) in [5.74, 6) is -0.118. The van der Waals surface area contributed by atoms with Crippen molar-refractivity contribution in [2.24, 2.45) is 7.05 Å². The zero-order valence-corrected chi connectivity index (χ0v) is 9.12. The van der Waals surface area contributed by atoms with Crippen LogP contribution in [0.4, 0.5) is 0 Å². The highest BCUT2D eigenvalue weighted by Crippen LogP contribution is 2.17. The van der Waals surface area contributed by atoms with Crippen LogP contribution in [0.25, 0.3) is 0 Å². The van der Waals surface area contributed by atoms with E-state index >= 15 is 0 Å². The molecule has 1 aromatic heterocycles. The number of rotatable bonds is 2. The molecule has 1 aromatic rings. The molecule has 1 atom stereocenters. The lowest BCUT2D eigenvalue weighted by atomic mass is 10.1. The summed E-state index contributed by atoms with van der Waals surface area (Å²) < 4.78 is 6.84. The van der Waals surface area contributed by atoms with E-state index in [2.05, 4.69) is 10.4 Å². The van der Waals surface area contributed by atoms with Crippen molar-refractivity contribution in [3.8, 4) is 0 Å². The van der Waals surface area contributed by atoms with Crippen LogP contribution in [0.1, 0.15) is 10.5 Å². The van der Waals surface area contributed by atoms with E-state index in [4.69, 9.17) is 16.3 Å². The van der Waals surface area contributed by atoms with Crippen molar-refractivity contribution in [2.75, 3.05) is 19.7 Å². The number of aryl methyl sites for hydroxylation is 1. The Morgan fingerprint density at radius 3 is 3.13 bits per heavy atom. The highest BCUT2D eigenvalue weighted by atomic mass is 35.5. The van der Waals surface area contributed by atoms with Crippen molar-refractivity contribution < 1.29 is 9.53 Å². The van der Waals surface area contributed by atoms with Gasteiger partial charge in [-0.15, -0.1) is 0 Å². The van der Waals surface area contributed by atoms with Crippen LogP contribution in [-0.2, 0) is 11.8 Å². The van der Waals surface area contributed by atoms with E-state index in [-0.39, 0.29) is 5.78 Å². The molecule has 1 aliphatic heterocycles. The number of ketones is 1. The molecule has 1 fully saturated rings. The molecule has 1 N–H and O–H groups in total. The molecule has 6 heteroatoms. The number of Topliss-reactive ketones (excluding diaryl/α,β-unsaturated/α-hetero) is 1. The first-order valence-corrected chi connectivity index (χ1v) is 5.12. The van der Waals surface area contributed by atoms with Gasteiger partial charge in [0.1, 0.15) is 11.8 Å². The Bertz CT molecular complexity index is 352. The van der Waals surface area contributed by atoms with Crippen molar-refractivity contribution in [1.82, 2.24) is 15.1 Å². The number of carbonyl (C=O) groups is 1. The van der Waals surface area contributed by atoms with Gasteiger partial charge in [0.15, 0.2) is 0 Å². The summed E-state index contributed by atoms with van der Waals surface area (Å²) in [5.41, 5.74) is 0.408. The van der Waals surface area contributed by atoms with Gasteiger partial charge in [-0.05, 0) is 0 Å². The van der Waals surface area contributed by atoms with E-state index in [0.717, 1.165) is 6.54 Å². The normalized spacial score (nSPS) is 21.6. The fraction of sp³-hybridized carbons (Fsp3) is 0.556. The Morgan fingerprint density at radius 1 is 1.80 bits per heavy atom. The lowest BCUT2D eigenvalue weighted by molar-refractivity contribution is 0.0262. The number of ether oxygens (including phenoxy) is 1. The molecule has 2 heterocycles. The minimum Gasteiger partial charge on any atom is -0.367 e. The minimum absolute atomic E-state index is 0.118. The Kier molecular flexibility index (Phi) is 3.04. The third kappa shape index (κ3) is 2.04. The lowest BCUT2D eigenvalue weighted by Crippen LogP contribution is -2.43. The first-order chi connectivity index (χ1) is 7.20. The predicted molar refractivity (Wildman–Crippen MR) is 55.2 cm³/mol. The number of morpholine rings is 1. The van der Waals surface area contributed by atoms with Gasteiger partial charge >= 0.3 is 0 Å². The van der Waals surface area contributed by atoms with E-state index in [1.807, 2.05) is 0 Å². The van der Waals surface area contributed by atoms with Crippen LogP contribution in [0, 0.1) is 0 Å². The quantitative estimate of drug-likeness (QED) is 0.739. The highest BCUT2D eigenvalue weighted by Gasteiger charge is 2.27. The maximum Gasteiger partial charge on any atom is 0.212 e. The van der Waals surface area contributed by atoms with Crippen LogP contribution < -0.4 is 5.32 Å². The van der Waals surface area contributed by atoms with Gasteiger partial charge in [0.2, 0.25) is 5.78 Å². The maximum atomic E-state index is 12.0. The molecule has 0 bridgehead atoms. The number of aromatic nitrogens is 2. The van der Waals surface area contributed by atoms with Crippen molar-refractivity contribution >= 4 is 17.4 Å². The molecular formula is C9H12ClN3O2. The number of hydrogen-bond donors (Lipinski definition) is 1. The second-order valence-corrected chi connectivity index (χ2v) is 3.80. The average molecular weight is 230 g/mol. The lowest BCUT2D eigenvalue weighted by Gasteiger charge is -2.22. The maximum absolute atomic E-state index is 12.0. The van der Waals surface area contributed by atoms with Crippen LogP contribution in [0.3, 0.4) is 0 Å². The Morgan fingerprint density at radius 2 is 2.60 bits per heavy atom. The Hall–Kier alpha value is -0.910. The third-order valence-electron chi connectivity index (χ3n) is 2.35. The van der Waals surface area contributed by atoms with Crippen molar-refractivity contribution in [2.45, 2.75) is 6.10 Å². The molecule has 82 valence electrons. The van der Waals surface area contributed by atoms with Crippen molar-refractivity contribution in [1.29, 1.82) is 0 Å². The van der Waals surface area contributed by atoms with Gasteiger partial charge in [-0.1, -0.05) is 11.6 Å². The number of nitrogens with one attached hydrogen (secondary N) is 1. The monoisotopic (exact) mass is 229 g/mol. The summed E-state index contributed by atoms with van der Waals surface area (Å²) in [6, 6.07) is 0. The molecule has 2 rings (SSSR count). The van der Waals surface area contributed by atoms with Crippen LogP contribution in [-0.4, -0.2) is 41.4 Å². The van der Waals surface area contributed by atoms with Gasteiger partial charge in [-0.2, -0.15) is 5.10 Å². The number of halogens is 1. The van der Waals surface area contributed by atoms with Crippen LogP contribution >= 0.6 is 11.6 Å². The topological polar surface area (TPSA) is 56.2 Å². The fourth-order valence-corrected chi connectivity index (χ4v) is 1.83. The second-order valence-electron chi connectivity index (χ2n) is 3.39. The van der Waals surface area contributed by atoms with Crippen molar-refractivity contribution in [3.05, 3.63) is 16.9 Å². The first kappa shape index (κ1) is 10.6. The van der Waals surface area contributed by atoms with Crippen LogP contribution in [0.15, 0.2) is 6.20 Å². The van der Waals surface area contributed by atoms with E-state index in [1.165, 1.54) is 10.9 Å². The van der Waals surface area contributed by atoms with Crippen LogP contribution in [0.5, 0.6) is 0 Å².